The number of rotatable bonds is 12. The summed E-state index contributed by atoms with van der Waals surface area (Å²) in [5.74, 6) is -2.92. The summed E-state index contributed by atoms with van der Waals surface area (Å²) in [6, 6.07) is 7.23. The second kappa shape index (κ2) is 13.1. The first-order valence-corrected chi connectivity index (χ1v) is 16.1. The molecule has 1 saturated carbocycles. The Morgan fingerprint density at radius 2 is 2.00 bits per heavy atom. The standard InChI is InChI=1S/C28H38FN6O7P/c1-4-38-24-22-23(32-27(30)33-24)35(17-31-22)25-18(2)15-28(29,41-25)16-39-43(37,42-21-13-9-6-10-14-21)34-19(3)26(36)40-20-11-7-5-8-12-20/h6,9-10,13-14,17-20,25H,4-5,7-8,11-12,15-16H2,1-3H3,(H,34,37)(H2,30,32,33)/t18-,19?,25+,28-,43?/m0/s1. The van der Waals surface area contributed by atoms with Gasteiger partial charge in [-0.25, -0.2) is 13.9 Å². The molecule has 234 valence electrons. The molecule has 1 aliphatic carbocycles. The highest BCUT2D eigenvalue weighted by molar-refractivity contribution is 7.52. The smallest absolute Gasteiger partial charge is 0.459 e. The van der Waals surface area contributed by atoms with Gasteiger partial charge in [0.25, 0.3) is 0 Å². The first-order chi connectivity index (χ1) is 20.6. The highest BCUT2D eigenvalue weighted by atomic mass is 31.2. The summed E-state index contributed by atoms with van der Waals surface area (Å²) >= 11 is 0. The quantitative estimate of drug-likeness (QED) is 0.204. The Kier molecular flexibility index (Phi) is 9.50. The van der Waals surface area contributed by atoms with E-state index in [0.717, 1.165) is 32.1 Å². The number of ether oxygens (including phenoxy) is 3. The van der Waals surface area contributed by atoms with E-state index >= 15 is 4.39 Å². The first kappa shape index (κ1) is 31.1. The number of hydrogen-bond acceptors (Lipinski definition) is 11. The van der Waals surface area contributed by atoms with Crippen molar-refractivity contribution in [1.82, 2.24) is 24.6 Å². The monoisotopic (exact) mass is 620 g/mol. The number of aromatic nitrogens is 4. The maximum atomic E-state index is 16.2. The van der Waals surface area contributed by atoms with E-state index in [1.165, 1.54) is 13.3 Å². The van der Waals surface area contributed by atoms with Crippen molar-refractivity contribution in [3.05, 3.63) is 36.7 Å². The normalized spacial score (nSPS) is 24.8. The predicted molar refractivity (Wildman–Crippen MR) is 155 cm³/mol. The topological polar surface area (TPSA) is 162 Å². The van der Waals surface area contributed by atoms with Crippen LogP contribution in [0.2, 0.25) is 0 Å². The van der Waals surface area contributed by atoms with Crippen LogP contribution in [0, 0.1) is 5.92 Å². The van der Waals surface area contributed by atoms with Crippen molar-refractivity contribution in [3.8, 4) is 11.6 Å². The van der Waals surface area contributed by atoms with Gasteiger partial charge in [-0.05, 0) is 51.7 Å². The molecule has 13 nitrogen and oxygen atoms in total. The van der Waals surface area contributed by atoms with Gasteiger partial charge < -0.3 is 24.5 Å². The number of para-hydroxylation sites is 1. The van der Waals surface area contributed by atoms with Crippen molar-refractivity contribution >= 4 is 30.8 Å². The Hall–Kier alpha value is -3.32. The third kappa shape index (κ3) is 7.43. The van der Waals surface area contributed by atoms with Gasteiger partial charge in [-0.2, -0.15) is 15.1 Å². The fraction of sp³-hybridized carbons (Fsp3) is 0.571. The maximum Gasteiger partial charge on any atom is 0.459 e. The van der Waals surface area contributed by atoms with Gasteiger partial charge in [0.15, 0.2) is 11.2 Å². The number of nitrogens with one attached hydrogen (secondary N) is 1. The molecule has 0 spiro atoms. The van der Waals surface area contributed by atoms with Gasteiger partial charge in [0.1, 0.15) is 30.7 Å². The maximum absolute atomic E-state index is 16.2. The lowest BCUT2D eigenvalue weighted by atomic mass is 9.98. The molecule has 5 rings (SSSR count). The van der Waals surface area contributed by atoms with E-state index in [0.29, 0.717) is 17.8 Å². The molecule has 1 aliphatic heterocycles. The zero-order valence-electron chi connectivity index (χ0n) is 24.5. The van der Waals surface area contributed by atoms with E-state index in [4.69, 9.17) is 29.0 Å². The molecule has 0 bridgehead atoms. The summed E-state index contributed by atoms with van der Waals surface area (Å²) in [5, 5.41) is 2.63. The number of imidazole rings is 1. The minimum Gasteiger partial charge on any atom is -0.476 e. The van der Waals surface area contributed by atoms with Crippen molar-refractivity contribution in [1.29, 1.82) is 0 Å². The SMILES string of the molecule is CCOc1nc(N)nc2c1ncn2[C@@H]1O[C@](F)(COP(=O)(NC(C)C(=O)OC2CCCCC2)Oc2ccccc2)C[C@@H]1C. The van der Waals surface area contributed by atoms with E-state index in [1.807, 2.05) is 0 Å². The van der Waals surface area contributed by atoms with Crippen LogP contribution in [0.25, 0.3) is 11.2 Å². The van der Waals surface area contributed by atoms with E-state index in [1.54, 1.807) is 48.7 Å². The first-order valence-electron chi connectivity index (χ1n) is 14.5. The van der Waals surface area contributed by atoms with Crippen LogP contribution in [0.3, 0.4) is 0 Å². The lowest BCUT2D eigenvalue weighted by molar-refractivity contribution is -0.173. The number of nitrogens with zero attached hydrogens (tertiary/aromatic N) is 4. The van der Waals surface area contributed by atoms with Gasteiger partial charge in [0.05, 0.1) is 12.9 Å². The third-order valence-corrected chi connectivity index (χ3v) is 8.99. The molecule has 1 aromatic carbocycles. The van der Waals surface area contributed by atoms with Gasteiger partial charge >= 0.3 is 13.7 Å². The summed E-state index contributed by atoms with van der Waals surface area (Å²) in [6.45, 7) is 4.70. The fourth-order valence-corrected chi connectivity index (χ4v) is 6.87. The molecule has 43 heavy (non-hydrogen) atoms. The second-order valence-electron chi connectivity index (χ2n) is 10.9. The molecule has 3 aromatic rings. The zero-order valence-corrected chi connectivity index (χ0v) is 25.4. The van der Waals surface area contributed by atoms with Crippen LogP contribution in [0.4, 0.5) is 10.3 Å². The van der Waals surface area contributed by atoms with Crippen LogP contribution < -0.4 is 20.1 Å². The molecule has 15 heteroatoms. The fourth-order valence-electron chi connectivity index (χ4n) is 5.35. The Balaban J connectivity index is 1.31. The van der Waals surface area contributed by atoms with E-state index in [9.17, 15) is 9.36 Å². The molecule has 0 amide bonds. The lowest BCUT2D eigenvalue weighted by Gasteiger charge is -2.28. The van der Waals surface area contributed by atoms with Crippen molar-refractivity contribution in [2.75, 3.05) is 18.9 Å². The number of alkyl halides is 1. The highest BCUT2D eigenvalue weighted by Gasteiger charge is 2.49. The van der Waals surface area contributed by atoms with E-state index < -0.39 is 38.4 Å². The lowest BCUT2D eigenvalue weighted by Crippen LogP contribution is -2.38. The minimum atomic E-state index is -4.30. The number of nitrogens with two attached hydrogens (primary N) is 1. The third-order valence-electron chi connectivity index (χ3n) is 7.37. The number of carbonyl (C=O) groups excluding carboxylic acids is 1. The summed E-state index contributed by atoms with van der Waals surface area (Å²) in [4.78, 5) is 25.5. The predicted octanol–water partition coefficient (Wildman–Crippen LogP) is 5.09. The summed E-state index contributed by atoms with van der Waals surface area (Å²) in [6.07, 6.45) is 4.98. The Morgan fingerprint density at radius 1 is 1.26 bits per heavy atom. The largest absolute Gasteiger partial charge is 0.476 e. The van der Waals surface area contributed by atoms with Crippen LogP contribution in [0.1, 0.15) is 65.5 Å². The molecule has 2 fully saturated rings. The molecule has 2 aromatic heterocycles. The van der Waals surface area contributed by atoms with Crippen LogP contribution >= 0.6 is 7.75 Å². The van der Waals surface area contributed by atoms with Gasteiger partial charge in [0.2, 0.25) is 17.7 Å². The number of esters is 1. The second-order valence-corrected chi connectivity index (χ2v) is 12.6. The molecular weight excluding hydrogens is 582 g/mol. The van der Waals surface area contributed by atoms with Gasteiger partial charge in [-0.15, -0.1) is 0 Å². The summed E-state index contributed by atoms with van der Waals surface area (Å²) < 4.78 is 60.0. The molecule has 5 atom stereocenters. The number of anilines is 1. The number of benzene rings is 1. The number of carbonyl (C=O) groups is 1. The van der Waals surface area contributed by atoms with Crippen LogP contribution in [-0.2, 0) is 23.4 Å². The average molecular weight is 621 g/mol. The minimum absolute atomic E-state index is 0.0283. The van der Waals surface area contributed by atoms with Crippen LogP contribution in [0.15, 0.2) is 36.7 Å². The van der Waals surface area contributed by atoms with E-state index in [-0.39, 0.29) is 36.0 Å². The molecule has 0 radical (unpaired) electrons. The number of halogens is 1. The molecule has 2 unspecified atom stereocenters. The molecule has 2 aliphatic rings. The molecule has 3 heterocycles. The summed E-state index contributed by atoms with van der Waals surface area (Å²) in [7, 11) is -4.30. The van der Waals surface area contributed by atoms with Gasteiger partial charge in [0, 0.05) is 12.3 Å². The zero-order chi connectivity index (χ0) is 30.6. The van der Waals surface area contributed by atoms with Crippen molar-refractivity contribution in [2.24, 2.45) is 5.92 Å². The number of hydrogen-bond donors (Lipinski definition) is 2. The van der Waals surface area contributed by atoms with Gasteiger partial charge in [-0.3, -0.25) is 13.9 Å². The Bertz CT molecular complexity index is 1460. The average Bonchev–Trinajstić information content (AvgIpc) is 3.53. The molecule has 3 N–H and O–H groups in total. The Morgan fingerprint density at radius 3 is 2.72 bits per heavy atom. The van der Waals surface area contributed by atoms with E-state index in [2.05, 4.69) is 20.0 Å². The van der Waals surface area contributed by atoms with Crippen LogP contribution in [-0.4, -0.2) is 56.7 Å². The van der Waals surface area contributed by atoms with Crippen molar-refractivity contribution < 1.29 is 37.0 Å². The molecule has 1 saturated heterocycles. The number of fused-ring (bicyclic) bond motifs is 1. The van der Waals surface area contributed by atoms with Crippen molar-refractivity contribution in [3.63, 3.8) is 0 Å². The summed E-state index contributed by atoms with van der Waals surface area (Å²) in [5.41, 5.74) is 6.56. The number of nitrogen functional groups attached to an aromatic ring is 1. The highest BCUT2D eigenvalue weighted by Crippen LogP contribution is 2.49. The Labute approximate surface area is 249 Å². The van der Waals surface area contributed by atoms with Crippen molar-refractivity contribution in [2.45, 2.75) is 83.5 Å². The van der Waals surface area contributed by atoms with Crippen LogP contribution in [0.5, 0.6) is 11.6 Å². The van der Waals surface area contributed by atoms with Gasteiger partial charge in [-0.1, -0.05) is 31.5 Å². The molecular formula is C28H38FN6O7P.